The Labute approximate surface area is 537 Å². The van der Waals surface area contributed by atoms with Crippen molar-refractivity contribution in [1.82, 2.24) is 0 Å². The summed E-state index contributed by atoms with van der Waals surface area (Å²) in [5.41, 5.74) is 8.70. The van der Waals surface area contributed by atoms with Crippen molar-refractivity contribution in [2.75, 3.05) is 24.5 Å². The summed E-state index contributed by atoms with van der Waals surface area (Å²) in [6.07, 6.45) is 0. The average molecular weight is 1240 g/mol. The summed E-state index contributed by atoms with van der Waals surface area (Å²) in [7, 11) is 0. The number of anilines is 15. The maximum Gasteiger partial charge on any atom is 0.125 e. The molecule has 12 heteroatoms. The molecule has 0 aliphatic carbocycles. The molecule has 0 aromatic heterocycles. The van der Waals surface area contributed by atoms with E-state index in [0.29, 0.717) is 85.3 Å². The van der Waals surface area contributed by atoms with Gasteiger partial charge in [-0.1, -0.05) is 140 Å². The van der Waals surface area contributed by atoms with Crippen molar-refractivity contribution in [3.05, 3.63) is 356 Å². The van der Waals surface area contributed by atoms with Crippen molar-refractivity contribution < 1.29 is 30.7 Å². The number of rotatable bonds is 15. The van der Waals surface area contributed by atoms with E-state index in [2.05, 4.69) is 0 Å². The minimum Gasteiger partial charge on any atom is -0.310 e. The van der Waals surface area contributed by atoms with E-state index in [1.807, 2.05) is 188 Å². The molecule has 0 saturated heterocycles. The molecule has 0 aliphatic heterocycles. The van der Waals surface area contributed by atoms with Crippen LogP contribution < -0.4 is 24.5 Å². The van der Waals surface area contributed by atoms with Gasteiger partial charge < -0.3 is 24.5 Å². The predicted octanol–water partition coefficient (Wildman–Crippen LogP) is 24.6. The van der Waals surface area contributed by atoms with E-state index in [-0.39, 0.29) is 0 Å². The van der Waals surface area contributed by atoms with Gasteiger partial charge in [0.1, 0.15) is 40.7 Å². The van der Waals surface area contributed by atoms with Crippen molar-refractivity contribution >= 4 is 128 Å². The van der Waals surface area contributed by atoms with Gasteiger partial charge in [0, 0.05) is 82.9 Å². The molecule has 0 fully saturated rings. The lowest BCUT2D eigenvalue weighted by Gasteiger charge is -2.32. The second-order valence-corrected chi connectivity index (χ2v) is 22.6. The molecule has 0 unspecified atom stereocenters. The van der Waals surface area contributed by atoms with Gasteiger partial charge in [0.15, 0.2) is 0 Å². The summed E-state index contributed by atoms with van der Waals surface area (Å²) in [5, 5.41) is 5.96. The summed E-state index contributed by atoms with van der Waals surface area (Å²) >= 11 is 0. The summed E-state index contributed by atoms with van der Waals surface area (Å²) in [4.78, 5) is 9.66. The van der Waals surface area contributed by atoms with Crippen molar-refractivity contribution in [3.8, 4) is 0 Å². The summed E-state index contributed by atoms with van der Waals surface area (Å²) < 4.78 is 108. The van der Waals surface area contributed by atoms with Gasteiger partial charge in [-0.3, -0.25) is 0 Å². The normalized spacial score (nSPS) is 11.4. The molecule has 0 N–H and O–H groups in total. The number of halogens is 7. The monoisotopic (exact) mass is 1240 g/mol. The third-order valence-corrected chi connectivity index (χ3v) is 16.9. The Bertz CT molecular complexity index is 5010. The van der Waals surface area contributed by atoms with E-state index >= 15 is 30.7 Å². The Hall–Kier alpha value is -12.2. The van der Waals surface area contributed by atoms with Crippen LogP contribution in [0, 0.1) is 40.7 Å². The van der Waals surface area contributed by atoms with Gasteiger partial charge in [0.05, 0.1) is 45.5 Å². The molecular formula is C82H52F7N5. The number of nitrogens with zero attached hydrogens (tertiary/aromatic N) is 5. The maximum absolute atomic E-state index is 16.0. The zero-order chi connectivity index (χ0) is 64.0. The molecule has 15 rings (SSSR count). The largest absolute Gasteiger partial charge is 0.310 e. The molecule has 0 amide bonds. The van der Waals surface area contributed by atoms with Crippen LogP contribution in [0.25, 0.3) is 43.1 Å². The van der Waals surface area contributed by atoms with Crippen LogP contribution in [0.1, 0.15) is 0 Å². The molecule has 454 valence electrons. The topological polar surface area (TPSA) is 16.2 Å². The highest BCUT2D eigenvalue weighted by Gasteiger charge is 2.27. The molecular weight excluding hydrogens is 1190 g/mol. The third-order valence-electron chi connectivity index (χ3n) is 16.9. The Morgan fingerprint density at radius 1 is 0.138 bits per heavy atom. The van der Waals surface area contributed by atoms with Gasteiger partial charge in [0.2, 0.25) is 0 Å². The highest BCUT2D eigenvalue weighted by molar-refractivity contribution is 6.15. The number of benzene rings is 15. The fraction of sp³-hybridized carbons (Fsp3) is 0. The highest BCUT2D eigenvalue weighted by atomic mass is 19.2. The lowest BCUT2D eigenvalue weighted by Crippen LogP contribution is -2.14. The van der Waals surface area contributed by atoms with Gasteiger partial charge >= 0.3 is 0 Å². The van der Waals surface area contributed by atoms with Crippen molar-refractivity contribution in [3.63, 3.8) is 0 Å². The first kappa shape index (κ1) is 58.2. The van der Waals surface area contributed by atoms with Gasteiger partial charge in [0.25, 0.3) is 0 Å². The Balaban J connectivity index is 0.915. The zero-order valence-electron chi connectivity index (χ0n) is 49.9. The molecule has 15 aromatic carbocycles. The summed E-state index contributed by atoms with van der Waals surface area (Å²) in [6.45, 7) is 0. The van der Waals surface area contributed by atoms with E-state index in [0.717, 1.165) is 43.1 Å². The quantitative estimate of drug-likeness (QED) is 0.0948. The highest BCUT2D eigenvalue weighted by Crippen LogP contribution is 2.52. The minimum absolute atomic E-state index is 0.463. The fourth-order valence-corrected chi connectivity index (χ4v) is 13.1. The third kappa shape index (κ3) is 10.9. The Morgan fingerprint density at radius 3 is 0.415 bits per heavy atom. The smallest absolute Gasteiger partial charge is 0.125 e. The molecule has 15 aromatic rings. The van der Waals surface area contributed by atoms with Crippen LogP contribution in [-0.4, -0.2) is 0 Å². The van der Waals surface area contributed by atoms with E-state index in [9.17, 15) is 0 Å². The van der Waals surface area contributed by atoms with Crippen LogP contribution in [0.5, 0.6) is 0 Å². The average Bonchev–Trinajstić information content (AvgIpc) is 0.759. The van der Waals surface area contributed by atoms with Gasteiger partial charge in [-0.25, -0.2) is 30.7 Å². The van der Waals surface area contributed by atoms with Crippen LogP contribution in [0.2, 0.25) is 0 Å². The van der Waals surface area contributed by atoms with Gasteiger partial charge in [-0.2, -0.15) is 0 Å². The first-order valence-electron chi connectivity index (χ1n) is 30.4. The van der Waals surface area contributed by atoms with E-state index in [1.54, 1.807) is 66.7 Å². The molecule has 0 radical (unpaired) electrons. The van der Waals surface area contributed by atoms with Gasteiger partial charge in [-0.05, 0) is 176 Å². The van der Waals surface area contributed by atoms with E-state index in [4.69, 9.17) is 0 Å². The SMILES string of the molecule is Fc1cccc(N(c2cccc(F)c2)c2cccc3c(N(c4cccc(F)c4)c4cccc5c(N(c6cccc(F)c6)c6cccc7c(N(c8cccc(F)c8)c8cccc9c(N(c%10cccc(F)c%10)c%10cccc(F)c%10)cccc89)cccc67)cccc45)cccc23)c1. The lowest BCUT2D eigenvalue weighted by atomic mass is 9.99. The summed E-state index contributed by atoms with van der Waals surface area (Å²) in [6, 6.07) is 90.5. The Kier molecular flexibility index (Phi) is 15.2. The second kappa shape index (κ2) is 24.6. The minimum atomic E-state index is -0.466. The second-order valence-electron chi connectivity index (χ2n) is 22.6. The van der Waals surface area contributed by atoms with Crippen LogP contribution >= 0.6 is 0 Å². The van der Waals surface area contributed by atoms with Gasteiger partial charge in [-0.15, -0.1) is 0 Å². The molecule has 5 nitrogen and oxygen atoms in total. The van der Waals surface area contributed by atoms with Crippen molar-refractivity contribution in [1.29, 1.82) is 0 Å². The number of hydrogen-bond donors (Lipinski definition) is 0. The van der Waals surface area contributed by atoms with Crippen LogP contribution in [0.15, 0.2) is 315 Å². The standard InChI is InChI=1S/C82H52F7N5/c83-53-16-1-23-60(46-53)90(61-24-2-17-54(84)47-61)75-38-8-32-69-67(75)30-10-40-77(69)92(64-27-5-20-57(87)50-64)79-42-12-36-73-71(79)34-14-44-81(73)94(66-29-7-22-59(89)52-66)82-45-15-35-72-74(82)37-13-43-80(72)93(65-28-6-21-58(88)51-65)78-41-11-31-68-70(78)33-9-39-76(68)91(62-25-3-18-55(85)48-62)63-26-4-19-56(86)49-63/h1-52H. The van der Waals surface area contributed by atoms with Crippen LogP contribution in [0.3, 0.4) is 0 Å². The molecule has 0 saturated carbocycles. The first-order chi connectivity index (χ1) is 46.0. The number of fused-ring (bicyclic) bond motifs is 4. The van der Waals surface area contributed by atoms with Crippen molar-refractivity contribution in [2.45, 2.75) is 0 Å². The molecule has 0 atom stereocenters. The lowest BCUT2D eigenvalue weighted by molar-refractivity contribution is 0.626. The van der Waals surface area contributed by atoms with Crippen molar-refractivity contribution in [2.24, 2.45) is 0 Å². The van der Waals surface area contributed by atoms with Crippen LogP contribution in [-0.2, 0) is 0 Å². The fourth-order valence-electron chi connectivity index (χ4n) is 13.1. The maximum atomic E-state index is 16.0. The molecule has 0 spiro atoms. The predicted molar refractivity (Wildman–Crippen MR) is 370 cm³/mol. The van der Waals surface area contributed by atoms with E-state index in [1.165, 1.54) is 84.9 Å². The Morgan fingerprint density at radius 2 is 0.266 bits per heavy atom. The van der Waals surface area contributed by atoms with E-state index < -0.39 is 40.7 Å². The molecule has 94 heavy (non-hydrogen) atoms. The number of hydrogen-bond acceptors (Lipinski definition) is 5. The molecule has 0 heterocycles. The van der Waals surface area contributed by atoms with Crippen LogP contribution in [0.4, 0.5) is 116 Å². The molecule has 0 aliphatic rings. The first-order valence-corrected chi connectivity index (χ1v) is 30.4. The summed E-state index contributed by atoms with van der Waals surface area (Å²) in [5.74, 6) is -3.26. The molecule has 0 bridgehead atoms. The zero-order valence-corrected chi connectivity index (χ0v) is 49.9.